The predicted molar refractivity (Wildman–Crippen MR) is 58.6 cm³/mol. The number of methoxy groups -OCH3 is 2. The van der Waals surface area contributed by atoms with E-state index in [2.05, 4.69) is 0 Å². The van der Waals surface area contributed by atoms with E-state index in [-0.39, 0.29) is 0 Å². The van der Waals surface area contributed by atoms with Gasteiger partial charge in [0.2, 0.25) is 5.75 Å². The zero-order valence-electron chi connectivity index (χ0n) is 7.33. The highest BCUT2D eigenvalue weighted by Crippen LogP contribution is 2.39. The summed E-state index contributed by atoms with van der Waals surface area (Å²) in [5.41, 5.74) is 6.19. The molecule has 0 atom stereocenters. The van der Waals surface area contributed by atoms with Crippen LogP contribution in [-0.4, -0.2) is 14.2 Å². The second-order valence-corrected chi connectivity index (χ2v) is 2.77. The largest absolute Gasteiger partial charge is 0.493 e. The van der Waals surface area contributed by atoms with Crippen molar-refractivity contribution in [1.29, 1.82) is 0 Å². The van der Waals surface area contributed by atoms with E-state index in [0.29, 0.717) is 22.9 Å². The van der Waals surface area contributed by atoms with E-state index >= 15 is 0 Å². The molecule has 1 rings (SSSR count). The van der Waals surface area contributed by atoms with E-state index in [1.54, 1.807) is 49.4 Å². The average Bonchev–Trinajstić information content (AvgIpc) is 2.16. The van der Waals surface area contributed by atoms with Gasteiger partial charge in [0.25, 0.3) is 0 Å². The maximum Gasteiger partial charge on any atom is 0.204 e. The number of ether oxygens (including phenoxy) is 2. The first-order valence-corrected chi connectivity index (χ1v) is 4.41. The van der Waals surface area contributed by atoms with Gasteiger partial charge in [0.15, 0.2) is 34.5 Å². The van der Waals surface area contributed by atoms with Gasteiger partial charge in [-0.2, -0.15) is 0 Å². The van der Waals surface area contributed by atoms with E-state index in [1.165, 1.54) is 0 Å². The standard InChI is InChI=1S/C8H10INO3/c1-11-6-3-5(10)4-7(13-9)8(6)12-2/h3-4H,10H2,1-2H3. The molecular formula is C8H10INO3. The molecule has 1 aromatic carbocycles. The normalized spacial score (nSPS) is 9.46. The lowest BCUT2D eigenvalue weighted by molar-refractivity contribution is 0.348. The van der Waals surface area contributed by atoms with Gasteiger partial charge in [-0.05, 0) is 0 Å². The Labute approximate surface area is 90.7 Å². The van der Waals surface area contributed by atoms with Crippen molar-refractivity contribution in [2.75, 3.05) is 20.0 Å². The number of nitrogen functional groups attached to an aromatic ring is 1. The molecule has 0 radical (unpaired) electrons. The van der Waals surface area contributed by atoms with E-state index in [4.69, 9.17) is 18.3 Å². The van der Waals surface area contributed by atoms with E-state index < -0.39 is 0 Å². The first kappa shape index (κ1) is 10.2. The quantitative estimate of drug-likeness (QED) is 0.684. The summed E-state index contributed by atoms with van der Waals surface area (Å²) in [6.07, 6.45) is 0. The Hall–Kier alpha value is -0.850. The molecule has 0 unspecified atom stereocenters. The highest BCUT2D eigenvalue weighted by Gasteiger charge is 2.11. The third kappa shape index (κ3) is 2.09. The van der Waals surface area contributed by atoms with E-state index in [0.717, 1.165) is 0 Å². The minimum Gasteiger partial charge on any atom is -0.493 e. The number of hydrogen-bond donors (Lipinski definition) is 1. The van der Waals surface area contributed by atoms with Crippen LogP contribution < -0.4 is 18.3 Å². The Morgan fingerprint density at radius 2 is 1.77 bits per heavy atom. The third-order valence-corrected chi connectivity index (χ3v) is 2.02. The van der Waals surface area contributed by atoms with Crippen LogP contribution in [0.5, 0.6) is 17.2 Å². The maximum atomic E-state index is 5.62. The van der Waals surface area contributed by atoms with Gasteiger partial charge in [-0.25, -0.2) is 0 Å². The summed E-state index contributed by atoms with van der Waals surface area (Å²) in [5, 5.41) is 0. The highest BCUT2D eigenvalue weighted by molar-refractivity contribution is 14.1. The Morgan fingerprint density at radius 3 is 2.23 bits per heavy atom. The monoisotopic (exact) mass is 295 g/mol. The molecule has 0 saturated heterocycles. The van der Waals surface area contributed by atoms with Crippen molar-refractivity contribution in [1.82, 2.24) is 0 Å². The molecule has 0 bridgehead atoms. The van der Waals surface area contributed by atoms with Gasteiger partial charge in [0.05, 0.1) is 14.2 Å². The van der Waals surface area contributed by atoms with Crippen LogP contribution >= 0.6 is 23.0 Å². The smallest absolute Gasteiger partial charge is 0.204 e. The summed E-state index contributed by atoms with van der Waals surface area (Å²) in [6, 6.07) is 3.35. The first-order valence-electron chi connectivity index (χ1n) is 3.53. The number of benzene rings is 1. The summed E-state index contributed by atoms with van der Waals surface area (Å²) in [5.74, 6) is 1.67. The van der Waals surface area contributed by atoms with Gasteiger partial charge < -0.3 is 18.3 Å². The van der Waals surface area contributed by atoms with Crippen molar-refractivity contribution in [3.8, 4) is 17.2 Å². The van der Waals surface area contributed by atoms with E-state index in [1.807, 2.05) is 0 Å². The fourth-order valence-corrected chi connectivity index (χ4v) is 1.33. The number of rotatable bonds is 3. The molecule has 0 aliphatic rings. The summed E-state index contributed by atoms with van der Waals surface area (Å²) < 4.78 is 15.2. The predicted octanol–water partition coefficient (Wildman–Crippen LogP) is 2.01. The van der Waals surface area contributed by atoms with Crippen molar-refractivity contribution in [3.63, 3.8) is 0 Å². The van der Waals surface area contributed by atoms with Crippen LogP contribution in [0.3, 0.4) is 0 Å². The number of hydrogen-bond acceptors (Lipinski definition) is 4. The van der Waals surface area contributed by atoms with Gasteiger partial charge >= 0.3 is 0 Å². The van der Waals surface area contributed by atoms with Crippen molar-refractivity contribution in [2.24, 2.45) is 0 Å². The molecule has 13 heavy (non-hydrogen) atoms. The van der Waals surface area contributed by atoms with E-state index in [9.17, 15) is 0 Å². The summed E-state index contributed by atoms with van der Waals surface area (Å²) in [4.78, 5) is 0. The minimum atomic E-state index is 0.547. The number of anilines is 1. The van der Waals surface area contributed by atoms with Crippen molar-refractivity contribution < 1.29 is 12.5 Å². The Bertz CT molecular complexity index is 278. The Kier molecular flexibility index (Phi) is 3.47. The molecule has 0 fully saturated rings. The van der Waals surface area contributed by atoms with Gasteiger partial charge in [-0.15, -0.1) is 0 Å². The molecule has 0 amide bonds. The van der Waals surface area contributed by atoms with Gasteiger partial charge in [-0.1, -0.05) is 0 Å². The topological polar surface area (TPSA) is 53.7 Å². The van der Waals surface area contributed by atoms with Crippen LogP contribution in [0, 0.1) is 0 Å². The van der Waals surface area contributed by atoms with Crippen LogP contribution in [0.4, 0.5) is 5.69 Å². The first-order chi connectivity index (χ1) is 6.22. The number of halogens is 1. The maximum absolute atomic E-state index is 5.62. The second kappa shape index (κ2) is 4.40. The van der Waals surface area contributed by atoms with Crippen molar-refractivity contribution in [3.05, 3.63) is 12.1 Å². The molecule has 0 heterocycles. The molecule has 0 spiro atoms. The lowest BCUT2D eigenvalue weighted by Gasteiger charge is -2.11. The molecule has 0 aromatic heterocycles. The fourth-order valence-electron chi connectivity index (χ4n) is 1.01. The average molecular weight is 295 g/mol. The summed E-state index contributed by atoms with van der Waals surface area (Å²) in [7, 11) is 3.10. The van der Waals surface area contributed by atoms with Crippen LogP contribution in [0.1, 0.15) is 0 Å². The fraction of sp³-hybridized carbons (Fsp3) is 0.250. The second-order valence-electron chi connectivity index (χ2n) is 2.33. The molecule has 72 valence electrons. The molecule has 0 saturated carbocycles. The van der Waals surface area contributed by atoms with Gasteiger partial charge in [0, 0.05) is 17.8 Å². The minimum absolute atomic E-state index is 0.547. The molecule has 2 N–H and O–H groups in total. The molecule has 0 aliphatic carbocycles. The van der Waals surface area contributed by atoms with Crippen LogP contribution in [0.2, 0.25) is 0 Å². The molecule has 5 heteroatoms. The Balaban J connectivity index is 3.25. The number of nitrogens with two attached hydrogens (primary N) is 1. The lowest BCUT2D eigenvalue weighted by Crippen LogP contribution is -1.95. The van der Waals surface area contributed by atoms with Crippen LogP contribution in [0.25, 0.3) is 0 Å². The third-order valence-electron chi connectivity index (χ3n) is 1.55. The highest BCUT2D eigenvalue weighted by atomic mass is 127. The van der Waals surface area contributed by atoms with Crippen LogP contribution in [0.15, 0.2) is 12.1 Å². The lowest BCUT2D eigenvalue weighted by atomic mass is 10.2. The molecular weight excluding hydrogens is 285 g/mol. The SMILES string of the molecule is COc1cc(N)cc(OI)c1OC. The van der Waals surface area contributed by atoms with Gasteiger partial charge in [0.1, 0.15) is 0 Å². The Morgan fingerprint density at radius 1 is 1.15 bits per heavy atom. The zero-order chi connectivity index (χ0) is 9.84. The molecule has 0 aliphatic heterocycles. The van der Waals surface area contributed by atoms with Crippen LogP contribution in [-0.2, 0) is 0 Å². The van der Waals surface area contributed by atoms with Gasteiger partial charge in [-0.3, -0.25) is 0 Å². The van der Waals surface area contributed by atoms with Crippen molar-refractivity contribution >= 4 is 28.7 Å². The summed E-state index contributed by atoms with van der Waals surface area (Å²) >= 11 is 1.76. The zero-order valence-corrected chi connectivity index (χ0v) is 9.49. The molecule has 4 nitrogen and oxygen atoms in total. The van der Waals surface area contributed by atoms with Crippen molar-refractivity contribution in [2.45, 2.75) is 0 Å². The molecule has 1 aromatic rings. The summed E-state index contributed by atoms with van der Waals surface area (Å²) in [6.45, 7) is 0.